The topological polar surface area (TPSA) is 85.3 Å². The highest BCUT2D eigenvalue weighted by Crippen LogP contribution is 2.37. The van der Waals surface area contributed by atoms with Crippen LogP contribution in [0.5, 0.6) is 0 Å². The van der Waals surface area contributed by atoms with Crippen LogP contribution < -0.4 is 5.32 Å². The lowest BCUT2D eigenvalue weighted by Gasteiger charge is -2.23. The molecule has 1 aliphatic rings. The van der Waals surface area contributed by atoms with Crippen molar-refractivity contribution in [3.8, 4) is 0 Å². The van der Waals surface area contributed by atoms with Crippen molar-refractivity contribution in [2.45, 2.75) is 19.8 Å². The van der Waals surface area contributed by atoms with Gasteiger partial charge in [-0.1, -0.05) is 36.4 Å². The molecule has 1 unspecified atom stereocenters. The van der Waals surface area contributed by atoms with Crippen LogP contribution in [0.1, 0.15) is 51.6 Å². The third-order valence-electron chi connectivity index (χ3n) is 7.15. The van der Waals surface area contributed by atoms with Gasteiger partial charge in [0.1, 0.15) is 5.92 Å². The molecule has 8 heteroatoms. The van der Waals surface area contributed by atoms with E-state index in [4.69, 9.17) is 4.99 Å². The first-order valence-electron chi connectivity index (χ1n) is 13.6. The molecule has 0 aliphatic carbocycles. The Morgan fingerprint density at radius 2 is 1.48 bits per heavy atom. The summed E-state index contributed by atoms with van der Waals surface area (Å²) in [5.74, 6) is -0.963. The molecular weight excluding hydrogens is 502 g/mol. The van der Waals surface area contributed by atoms with Gasteiger partial charge in [0.2, 0.25) is 5.91 Å². The van der Waals surface area contributed by atoms with Crippen LogP contribution in [0.4, 0.5) is 11.4 Å². The number of likely N-dealkylation sites (N-methyl/N-ethyl adjacent to an activating group) is 2. The highest BCUT2D eigenvalue weighted by molar-refractivity contribution is 6.24. The number of anilines is 1. The van der Waals surface area contributed by atoms with Gasteiger partial charge in [0.25, 0.3) is 11.8 Å². The third-order valence-corrected chi connectivity index (χ3v) is 7.15. The molecule has 1 N–H and O–H groups in total. The number of nitrogens with zero attached hydrogens (tertiary/aromatic N) is 4. The van der Waals surface area contributed by atoms with E-state index in [-0.39, 0.29) is 17.7 Å². The van der Waals surface area contributed by atoms with Crippen LogP contribution in [0, 0.1) is 0 Å². The lowest BCUT2D eigenvalue weighted by atomic mass is 9.90. The summed E-state index contributed by atoms with van der Waals surface area (Å²) < 4.78 is 0. The molecule has 1 atom stereocenters. The maximum Gasteiger partial charge on any atom is 0.253 e. The van der Waals surface area contributed by atoms with Gasteiger partial charge in [-0.25, -0.2) is 0 Å². The standard InChI is InChI=1S/C32H37N5O3/c1-6-36(5)31(39)24-15-18-26-27(21-24)34-30(38)28(26)29(22-11-9-8-10-12-22)33-25-16-13-23(14-17-25)32(40)37(7-2)20-19-35(3)4/h8-18,21,28H,6-7,19-20H2,1-5H3,(H,34,38). The molecule has 0 spiro atoms. The molecule has 40 heavy (non-hydrogen) atoms. The summed E-state index contributed by atoms with van der Waals surface area (Å²) in [6.45, 7) is 6.55. The van der Waals surface area contributed by atoms with E-state index >= 15 is 0 Å². The predicted molar refractivity (Wildman–Crippen MR) is 160 cm³/mol. The number of fused-ring (bicyclic) bond motifs is 1. The number of rotatable bonds is 10. The number of nitrogens with one attached hydrogen (secondary N) is 1. The predicted octanol–water partition coefficient (Wildman–Crippen LogP) is 4.66. The molecule has 0 fully saturated rings. The number of aliphatic imine (C=N–C) groups is 1. The molecule has 8 nitrogen and oxygen atoms in total. The average Bonchev–Trinajstić information content (AvgIpc) is 3.30. The molecule has 3 amide bonds. The zero-order chi connectivity index (χ0) is 28.8. The smallest absolute Gasteiger partial charge is 0.253 e. The summed E-state index contributed by atoms with van der Waals surface area (Å²) in [6, 6.07) is 22.1. The van der Waals surface area contributed by atoms with E-state index in [2.05, 4.69) is 10.2 Å². The monoisotopic (exact) mass is 539 g/mol. The normalized spacial score (nSPS) is 14.6. The second kappa shape index (κ2) is 12.7. The van der Waals surface area contributed by atoms with E-state index in [0.29, 0.717) is 47.8 Å². The molecule has 0 saturated heterocycles. The quantitative estimate of drug-likeness (QED) is 0.380. The van der Waals surface area contributed by atoms with E-state index < -0.39 is 5.92 Å². The summed E-state index contributed by atoms with van der Waals surface area (Å²) in [4.78, 5) is 49.5. The van der Waals surface area contributed by atoms with Crippen molar-refractivity contribution in [2.75, 3.05) is 52.6 Å². The van der Waals surface area contributed by atoms with Crippen LogP contribution in [0.3, 0.4) is 0 Å². The number of hydrogen-bond donors (Lipinski definition) is 1. The minimum atomic E-state index is -0.645. The number of carbonyl (C=O) groups excluding carboxylic acids is 3. The fourth-order valence-corrected chi connectivity index (χ4v) is 4.66. The minimum Gasteiger partial charge on any atom is -0.342 e. The number of amides is 3. The molecule has 0 saturated carbocycles. The van der Waals surface area contributed by atoms with Gasteiger partial charge in [-0.2, -0.15) is 0 Å². The molecule has 0 bridgehead atoms. The van der Waals surface area contributed by atoms with E-state index in [1.54, 1.807) is 36.2 Å². The van der Waals surface area contributed by atoms with Crippen molar-refractivity contribution >= 4 is 34.8 Å². The summed E-state index contributed by atoms with van der Waals surface area (Å²) in [5.41, 5.74) is 4.57. The Morgan fingerprint density at radius 1 is 0.800 bits per heavy atom. The van der Waals surface area contributed by atoms with Crippen molar-refractivity contribution in [1.29, 1.82) is 0 Å². The fourth-order valence-electron chi connectivity index (χ4n) is 4.66. The molecule has 1 heterocycles. The molecule has 0 aromatic heterocycles. The second-order valence-electron chi connectivity index (χ2n) is 10.1. The van der Waals surface area contributed by atoms with Crippen LogP contribution in [-0.2, 0) is 4.79 Å². The highest BCUT2D eigenvalue weighted by Gasteiger charge is 2.36. The minimum absolute atomic E-state index is 0.0219. The first-order valence-corrected chi connectivity index (χ1v) is 13.6. The Morgan fingerprint density at radius 3 is 2.10 bits per heavy atom. The van der Waals surface area contributed by atoms with Gasteiger partial charge in [0, 0.05) is 50.0 Å². The zero-order valence-electron chi connectivity index (χ0n) is 23.8. The molecule has 4 rings (SSSR count). The Labute approximate surface area is 236 Å². The Kier molecular flexibility index (Phi) is 9.11. The van der Waals surface area contributed by atoms with Crippen LogP contribution in [0.25, 0.3) is 0 Å². The molecular formula is C32H37N5O3. The van der Waals surface area contributed by atoms with E-state index in [1.165, 1.54) is 0 Å². The maximum atomic E-state index is 13.3. The van der Waals surface area contributed by atoms with Crippen molar-refractivity contribution in [3.05, 3.63) is 95.1 Å². The van der Waals surface area contributed by atoms with Gasteiger partial charge in [-0.3, -0.25) is 19.4 Å². The maximum absolute atomic E-state index is 13.3. The van der Waals surface area contributed by atoms with Crippen LogP contribution >= 0.6 is 0 Å². The summed E-state index contributed by atoms with van der Waals surface area (Å²) >= 11 is 0. The van der Waals surface area contributed by atoms with Crippen molar-refractivity contribution in [2.24, 2.45) is 4.99 Å². The first-order chi connectivity index (χ1) is 19.2. The van der Waals surface area contributed by atoms with Gasteiger partial charge in [0.05, 0.1) is 11.4 Å². The summed E-state index contributed by atoms with van der Waals surface area (Å²) in [7, 11) is 5.73. The van der Waals surface area contributed by atoms with E-state index in [1.807, 2.05) is 81.4 Å². The van der Waals surface area contributed by atoms with Crippen LogP contribution in [0.2, 0.25) is 0 Å². The molecule has 0 radical (unpaired) electrons. The van der Waals surface area contributed by atoms with Crippen LogP contribution in [0.15, 0.2) is 77.8 Å². The molecule has 208 valence electrons. The Bertz CT molecular complexity index is 1400. The largest absolute Gasteiger partial charge is 0.342 e. The van der Waals surface area contributed by atoms with Crippen molar-refractivity contribution < 1.29 is 14.4 Å². The average molecular weight is 540 g/mol. The fraction of sp³-hybridized carbons (Fsp3) is 0.312. The van der Waals surface area contributed by atoms with E-state index in [0.717, 1.165) is 17.7 Å². The van der Waals surface area contributed by atoms with Gasteiger partial charge >= 0.3 is 0 Å². The van der Waals surface area contributed by atoms with Gasteiger partial charge in [0.15, 0.2) is 0 Å². The third kappa shape index (κ3) is 6.29. The number of benzene rings is 3. The SMILES string of the molecule is CCN(C)C(=O)c1ccc2c(c1)NC(=O)C2C(=Nc1ccc(C(=O)N(CC)CCN(C)C)cc1)c1ccccc1. The highest BCUT2D eigenvalue weighted by atomic mass is 16.2. The Balaban J connectivity index is 1.67. The first kappa shape index (κ1) is 28.7. The van der Waals surface area contributed by atoms with Crippen molar-refractivity contribution in [1.82, 2.24) is 14.7 Å². The summed E-state index contributed by atoms with van der Waals surface area (Å²) in [6.07, 6.45) is 0. The molecule has 3 aromatic rings. The summed E-state index contributed by atoms with van der Waals surface area (Å²) in [5, 5.41) is 2.95. The lowest BCUT2D eigenvalue weighted by Crippen LogP contribution is -2.36. The molecule has 3 aromatic carbocycles. The van der Waals surface area contributed by atoms with Gasteiger partial charge in [-0.15, -0.1) is 0 Å². The van der Waals surface area contributed by atoms with Crippen LogP contribution in [-0.4, -0.2) is 85.5 Å². The van der Waals surface area contributed by atoms with E-state index in [9.17, 15) is 14.4 Å². The lowest BCUT2D eigenvalue weighted by molar-refractivity contribution is -0.115. The Hall–Kier alpha value is -4.30. The zero-order valence-corrected chi connectivity index (χ0v) is 23.8. The second-order valence-corrected chi connectivity index (χ2v) is 10.1. The van der Waals surface area contributed by atoms with Crippen molar-refractivity contribution in [3.63, 3.8) is 0 Å². The van der Waals surface area contributed by atoms with Gasteiger partial charge < -0.3 is 20.0 Å². The number of hydrogen-bond acceptors (Lipinski definition) is 5. The molecule has 1 aliphatic heterocycles. The number of carbonyl (C=O) groups is 3. The van der Waals surface area contributed by atoms with Gasteiger partial charge in [-0.05, 0) is 75.5 Å².